The molecule has 4 nitrogen and oxygen atoms in total. The van der Waals surface area contributed by atoms with Crippen molar-refractivity contribution in [3.8, 4) is 5.75 Å². The first kappa shape index (κ1) is 12.6. The van der Waals surface area contributed by atoms with Crippen LogP contribution < -0.4 is 4.74 Å². The van der Waals surface area contributed by atoms with Crippen molar-refractivity contribution in [3.05, 3.63) is 29.3 Å². The Kier molecular flexibility index (Phi) is 3.36. The lowest BCUT2D eigenvalue weighted by atomic mass is 9.78. The van der Waals surface area contributed by atoms with Crippen LogP contribution in [0.15, 0.2) is 18.2 Å². The summed E-state index contributed by atoms with van der Waals surface area (Å²) in [7, 11) is 0. The first-order chi connectivity index (χ1) is 8.57. The van der Waals surface area contributed by atoms with Crippen LogP contribution in [0.25, 0.3) is 0 Å². The van der Waals surface area contributed by atoms with Crippen molar-refractivity contribution >= 4 is 12.3 Å². The van der Waals surface area contributed by atoms with Crippen LogP contribution in [0.3, 0.4) is 0 Å². The second kappa shape index (κ2) is 4.80. The van der Waals surface area contributed by atoms with Gasteiger partial charge in [-0.15, -0.1) is 0 Å². The zero-order valence-corrected chi connectivity index (χ0v) is 10.3. The number of carbonyl (C=O) groups excluding carboxylic acids is 1. The molecule has 0 saturated heterocycles. The number of aldehydes is 1. The third kappa shape index (κ3) is 2.23. The van der Waals surface area contributed by atoms with Crippen LogP contribution >= 0.6 is 0 Å². The van der Waals surface area contributed by atoms with Gasteiger partial charge in [0.2, 0.25) is 0 Å². The summed E-state index contributed by atoms with van der Waals surface area (Å²) in [6.45, 7) is 2.38. The third-order valence-electron chi connectivity index (χ3n) is 3.45. The zero-order valence-electron chi connectivity index (χ0n) is 10.3. The summed E-state index contributed by atoms with van der Waals surface area (Å²) in [6.07, 6.45) is 2.10. The Morgan fingerprint density at radius 2 is 2.33 bits per heavy atom. The summed E-state index contributed by atoms with van der Waals surface area (Å²) in [5, 5.41) is 8.73. The minimum absolute atomic E-state index is 0.0671. The van der Waals surface area contributed by atoms with E-state index >= 15 is 0 Å². The van der Waals surface area contributed by atoms with Crippen molar-refractivity contribution in [1.82, 2.24) is 0 Å². The van der Waals surface area contributed by atoms with Crippen molar-refractivity contribution in [2.24, 2.45) is 0 Å². The number of hydrogen-bond donors (Lipinski definition) is 1. The van der Waals surface area contributed by atoms with Crippen molar-refractivity contribution in [1.29, 1.82) is 0 Å². The van der Waals surface area contributed by atoms with Crippen molar-refractivity contribution in [2.75, 3.05) is 6.61 Å². The highest BCUT2D eigenvalue weighted by Crippen LogP contribution is 2.39. The Balaban J connectivity index is 2.37. The summed E-state index contributed by atoms with van der Waals surface area (Å²) in [5.74, 6) is -0.138. The predicted molar refractivity (Wildman–Crippen MR) is 65.9 cm³/mol. The standard InChI is InChI=1S/C14H16O4/c1-14(9-15)7-8-18-13-10(5-6-12(16)17)3-2-4-11(13)14/h2-4,9H,5-8H2,1H3,(H,16,17). The van der Waals surface area contributed by atoms with Crippen LogP contribution in [0, 0.1) is 0 Å². The van der Waals surface area contributed by atoms with Crippen LogP contribution in [0.1, 0.15) is 30.9 Å². The summed E-state index contributed by atoms with van der Waals surface area (Å²) in [5.41, 5.74) is 1.21. The van der Waals surface area contributed by atoms with Gasteiger partial charge in [0.15, 0.2) is 0 Å². The maximum Gasteiger partial charge on any atom is 0.303 e. The number of rotatable bonds is 4. The molecule has 0 fully saturated rings. The zero-order chi connectivity index (χ0) is 13.2. The lowest BCUT2D eigenvalue weighted by Crippen LogP contribution is -2.31. The van der Waals surface area contributed by atoms with Crippen molar-refractivity contribution < 1.29 is 19.4 Å². The summed E-state index contributed by atoms with van der Waals surface area (Å²) >= 11 is 0. The molecule has 1 heterocycles. The number of para-hydroxylation sites is 1. The minimum Gasteiger partial charge on any atom is -0.493 e. The Hall–Kier alpha value is -1.84. The topological polar surface area (TPSA) is 63.6 Å². The van der Waals surface area contributed by atoms with E-state index in [1.807, 2.05) is 25.1 Å². The van der Waals surface area contributed by atoms with E-state index in [0.717, 1.165) is 17.4 Å². The molecular weight excluding hydrogens is 232 g/mol. The van der Waals surface area contributed by atoms with Gasteiger partial charge >= 0.3 is 5.97 Å². The fourth-order valence-electron chi connectivity index (χ4n) is 2.27. The molecule has 1 unspecified atom stereocenters. The van der Waals surface area contributed by atoms with E-state index < -0.39 is 11.4 Å². The Bertz CT molecular complexity index is 481. The monoisotopic (exact) mass is 248 g/mol. The van der Waals surface area contributed by atoms with E-state index in [1.54, 1.807) is 0 Å². The van der Waals surface area contributed by atoms with Crippen LogP contribution in [-0.4, -0.2) is 24.0 Å². The maximum absolute atomic E-state index is 11.3. The fourth-order valence-corrected chi connectivity index (χ4v) is 2.27. The molecule has 2 rings (SSSR count). The number of carboxylic acids is 1. The molecule has 0 radical (unpaired) electrons. The summed E-state index contributed by atoms with van der Waals surface area (Å²) < 4.78 is 5.63. The molecule has 0 bridgehead atoms. The van der Waals surface area contributed by atoms with Gasteiger partial charge in [0, 0.05) is 12.0 Å². The largest absolute Gasteiger partial charge is 0.493 e. The number of aliphatic carboxylic acids is 1. The quantitative estimate of drug-likeness (QED) is 0.827. The molecule has 0 amide bonds. The molecule has 0 aromatic heterocycles. The number of carbonyl (C=O) groups is 2. The van der Waals surface area contributed by atoms with Gasteiger partial charge in [0.05, 0.1) is 12.0 Å². The fraction of sp³-hybridized carbons (Fsp3) is 0.429. The second-order valence-electron chi connectivity index (χ2n) is 4.82. The van der Waals surface area contributed by atoms with Crippen molar-refractivity contribution in [2.45, 2.75) is 31.6 Å². The molecule has 18 heavy (non-hydrogen) atoms. The average Bonchev–Trinajstić information content (AvgIpc) is 2.37. The lowest BCUT2D eigenvalue weighted by molar-refractivity contribution is -0.137. The van der Waals surface area contributed by atoms with E-state index in [-0.39, 0.29) is 6.42 Å². The van der Waals surface area contributed by atoms with Gasteiger partial charge in [-0.05, 0) is 25.3 Å². The average molecular weight is 248 g/mol. The third-order valence-corrected chi connectivity index (χ3v) is 3.45. The highest BCUT2D eigenvalue weighted by molar-refractivity contribution is 5.72. The van der Waals surface area contributed by atoms with Gasteiger partial charge in [-0.25, -0.2) is 0 Å². The molecule has 1 aliphatic heterocycles. The number of hydrogen-bond acceptors (Lipinski definition) is 3. The minimum atomic E-state index is -0.832. The maximum atomic E-state index is 11.3. The number of aryl methyl sites for hydroxylation is 1. The first-order valence-corrected chi connectivity index (χ1v) is 6.00. The molecule has 0 aliphatic carbocycles. The second-order valence-corrected chi connectivity index (χ2v) is 4.82. The molecule has 0 spiro atoms. The van der Waals surface area contributed by atoms with Gasteiger partial charge in [-0.1, -0.05) is 18.2 Å². The van der Waals surface area contributed by atoms with E-state index in [4.69, 9.17) is 9.84 Å². The van der Waals surface area contributed by atoms with E-state index in [9.17, 15) is 9.59 Å². The number of carboxylic acid groups (broad SMARTS) is 1. The van der Waals surface area contributed by atoms with E-state index in [2.05, 4.69) is 0 Å². The van der Waals surface area contributed by atoms with Crippen LogP contribution in [0.4, 0.5) is 0 Å². The van der Waals surface area contributed by atoms with E-state index in [1.165, 1.54) is 0 Å². The molecule has 1 aromatic rings. The molecule has 1 aromatic carbocycles. The molecule has 0 saturated carbocycles. The van der Waals surface area contributed by atoms with Crippen molar-refractivity contribution in [3.63, 3.8) is 0 Å². The van der Waals surface area contributed by atoms with Gasteiger partial charge in [0.25, 0.3) is 0 Å². The molecule has 1 N–H and O–H groups in total. The first-order valence-electron chi connectivity index (χ1n) is 6.00. The SMILES string of the molecule is CC1(C=O)CCOc2c(CCC(=O)O)cccc21. The normalized spacial score (nSPS) is 21.8. The highest BCUT2D eigenvalue weighted by atomic mass is 16.5. The lowest BCUT2D eigenvalue weighted by Gasteiger charge is -2.32. The number of fused-ring (bicyclic) bond motifs is 1. The molecule has 4 heteroatoms. The van der Waals surface area contributed by atoms with E-state index in [0.29, 0.717) is 25.2 Å². The smallest absolute Gasteiger partial charge is 0.303 e. The number of ether oxygens (including phenoxy) is 1. The van der Waals surface area contributed by atoms with Crippen LogP contribution in [-0.2, 0) is 21.4 Å². The van der Waals surface area contributed by atoms with Gasteiger partial charge < -0.3 is 14.6 Å². The van der Waals surface area contributed by atoms with Gasteiger partial charge in [0.1, 0.15) is 12.0 Å². The number of benzene rings is 1. The molecule has 96 valence electrons. The highest BCUT2D eigenvalue weighted by Gasteiger charge is 2.34. The summed E-state index contributed by atoms with van der Waals surface area (Å²) in [4.78, 5) is 21.9. The van der Waals surface area contributed by atoms with Gasteiger partial charge in [-0.3, -0.25) is 4.79 Å². The van der Waals surface area contributed by atoms with Crippen LogP contribution in [0.5, 0.6) is 5.75 Å². The Labute approximate surface area is 106 Å². The molecular formula is C14H16O4. The van der Waals surface area contributed by atoms with Gasteiger partial charge in [-0.2, -0.15) is 0 Å². The predicted octanol–water partition coefficient (Wildman–Crippen LogP) is 1.94. The Morgan fingerprint density at radius 3 is 3.00 bits per heavy atom. The summed E-state index contributed by atoms with van der Waals surface area (Å²) in [6, 6.07) is 5.60. The molecule has 1 aliphatic rings. The Morgan fingerprint density at radius 1 is 1.56 bits per heavy atom. The van der Waals surface area contributed by atoms with Crippen LogP contribution in [0.2, 0.25) is 0 Å². The molecule has 1 atom stereocenters.